The van der Waals surface area contributed by atoms with Gasteiger partial charge in [-0.1, -0.05) is 32.0 Å². The Bertz CT molecular complexity index is 2420. The van der Waals surface area contributed by atoms with Crippen LogP contribution in [-0.2, 0) is 6.18 Å². The first-order valence-electron chi connectivity index (χ1n) is 19.0. The molecular formula is C39H38F3N13. The molecule has 4 aliphatic rings. The van der Waals surface area contributed by atoms with E-state index in [-0.39, 0.29) is 35.4 Å². The molecule has 0 N–H and O–H groups in total. The van der Waals surface area contributed by atoms with E-state index in [0.29, 0.717) is 35.6 Å². The molecule has 0 radical (unpaired) electrons. The zero-order valence-corrected chi connectivity index (χ0v) is 30.6. The lowest BCUT2D eigenvalue weighted by atomic mass is 9.77. The maximum atomic E-state index is 14.2. The molecule has 2 fully saturated rings. The molecule has 1 aromatic carbocycles. The van der Waals surface area contributed by atoms with Crippen molar-refractivity contribution in [3.63, 3.8) is 0 Å². The van der Waals surface area contributed by atoms with Gasteiger partial charge in [0.05, 0.1) is 30.0 Å². The van der Waals surface area contributed by atoms with Gasteiger partial charge in [-0.05, 0) is 70.1 Å². The molecule has 0 amide bonds. The van der Waals surface area contributed by atoms with Crippen LogP contribution in [0.4, 0.5) is 24.8 Å². The second-order valence-electron chi connectivity index (χ2n) is 14.8. The highest BCUT2D eigenvalue weighted by molar-refractivity contribution is 5.70. The van der Waals surface area contributed by atoms with Gasteiger partial charge in [0.25, 0.3) is 0 Å². The quantitative estimate of drug-likeness (QED) is 0.161. The van der Waals surface area contributed by atoms with Gasteiger partial charge in [-0.25, -0.2) is 19.9 Å². The summed E-state index contributed by atoms with van der Waals surface area (Å²) in [5.41, 5.74) is 1.60. The highest BCUT2D eigenvalue weighted by Gasteiger charge is 2.48. The van der Waals surface area contributed by atoms with Gasteiger partial charge in [0.1, 0.15) is 23.0 Å². The van der Waals surface area contributed by atoms with Crippen LogP contribution in [0.25, 0.3) is 34.2 Å². The Hall–Kier alpha value is -5.80. The Morgan fingerprint density at radius 2 is 1.31 bits per heavy atom. The largest absolute Gasteiger partial charge is 0.417 e. The van der Waals surface area contributed by atoms with E-state index in [4.69, 9.17) is 25.1 Å². The van der Waals surface area contributed by atoms with E-state index in [1.165, 1.54) is 18.6 Å². The number of hydrogen-bond donors (Lipinski definition) is 0. The number of nitrogens with zero attached hydrogens (tertiary/aromatic N) is 13. The van der Waals surface area contributed by atoms with Gasteiger partial charge in [0, 0.05) is 41.5 Å². The highest BCUT2D eigenvalue weighted by atomic mass is 19.4. The van der Waals surface area contributed by atoms with Crippen molar-refractivity contribution in [2.24, 2.45) is 0 Å². The number of fused-ring (bicyclic) bond motifs is 6. The molecule has 55 heavy (non-hydrogen) atoms. The maximum Gasteiger partial charge on any atom is 0.417 e. The maximum absolute atomic E-state index is 14.2. The number of aromatic nitrogens is 11. The first kappa shape index (κ1) is 33.7. The van der Waals surface area contributed by atoms with Gasteiger partial charge in [0.2, 0.25) is 0 Å². The van der Waals surface area contributed by atoms with Crippen LogP contribution < -0.4 is 9.80 Å². The lowest BCUT2D eigenvalue weighted by molar-refractivity contribution is -0.137. The third kappa shape index (κ3) is 5.16. The lowest BCUT2D eigenvalue weighted by Crippen LogP contribution is -2.49. The zero-order valence-electron chi connectivity index (χ0n) is 30.6. The monoisotopic (exact) mass is 745 g/mol. The second kappa shape index (κ2) is 12.6. The van der Waals surface area contributed by atoms with E-state index < -0.39 is 11.7 Å². The zero-order chi connectivity index (χ0) is 37.6. The predicted octanol–water partition coefficient (Wildman–Crippen LogP) is 7.53. The normalized spacial score (nSPS) is 21.6. The highest BCUT2D eigenvalue weighted by Crippen LogP contribution is 2.51. The summed E-state index contributed by atoms with van der Waals surface area (Å²) < 4.78 is 46.6. The summed E-state index contributed by atoms with van der Waals surface area (Å²) in [4.78, 5) is 28.3. The van der Waals surface area contributed by atoms with E-state index in [1.807, 2.05) is 29.8 Å². The van der Waals surface area contributed by atoms with Crippen LogP contribution in [0, 0.1) is 6.92 Å². The van der Waals surface area contributed by atoms with Crippen LogP contribution in [0.3, 0.4) is 0 Å². The van der Waals surface area contributed by atoms with Crippen molar-refractivity contribution < 1.29 is 13.2 Å². The number of benzene rings is 1. The smallest absolute Gasteiger partial charge is 0.342 e. The van der Waals surface area contributed by atoms with Crippen molar-refractivity contribution in [2.45, 2.75) is 102 Å². The topological polar surface area (TPSA) is 132 Å². The molecule has 2 atom stereocenters. The molecule has 10 rings (SSSR count). The van der Waals surface area contributed by atoms with Crippen LogP contribution in [0.15, 0.2) is 61.2 Å². The molecular weight excluding hydrogens is 708 g/mol. The first-order chi connectivity index (χ1) is 26.7. The van der Waals surface area contributed by atoms with E-state index in [9.17, 15) is 13.2 Å². The van der Waals surface area contributed by atoms with E-state index >= 15 is 0 Å². The van der Waals surface area contributed by atoms with E-state index in [2.05, 4.69) is 48.4 Å². The summed E-state index contributed by atoms with van der Waals surface area (Å²) in [5.74, 6) is 5.40. The van der Waals surface area contributed by atoms with Crippen molar-refractivity contribution in [3.05, 3.63) is 90.0 Å². The van der Waals surface area contributed by atoms with Crippen LogP contribution in [0.5, 0.6) is 0 Å². The summed E-state index contributed by atoms with van der Waals surface area (Å²) in [6, 6.07) is 9.49. The number of pyridine rings is 1. The number of rotatable bonds is 7. The molecule has 6 aromatic rings. The molecule has 2 aliphatic carbocycles. The molecule has 0 spiro atoms. The average Bonchev–Trinajstić information content (AvgIpc) is 3.77. The second-order valence-corrected chi connectivity index (χ2v) is 14.8. The molecule has 7 heterocycles. The van der Waals surface area contributed by atoms with Gasteiger partial charge in [-0.3, -0.25) is 14.1 Å². The van der Waals surface area contributed by atoms with Crippen molar-refractivity contribution in [1.82, 2.24) is 54.4 Å². The molecule has 2 unspecified atom stereocenters. The van der Waals surface area contributed by atoms with Gasteiger partial charge < -0.3 is 9.80 Å². The van der Waals surface area contributed by atoms with Crippen molar-refractivity contribution in [3.8, 4) is 34.2 Å². The van der Waals surface area contributed by atoms with Crippen LogP contribution in [0.2, 0.25) is 0 Å². The van der Waals surface area contributed by atoms with Crippen molar-refractivity contribution in [1.29, 1.82) is 0 Å². The molecule has 2 saturated carbocycles. The Morgan fingerprint density at radius 3 is 1.98 bits per heavy atom. The fourth-order valence-corrected chi connectivity index (χ4v) is 8.90. The minimum atomic E-state index is -4.56. The average molecular weight is 746 g/mol. The van der Waals surface area contributed by atoms with Crippen LogP contribution in [-0.4, -0.2) is 66.5 Å². The van der Waals surface area contributed by atoms with E-state index in [0.717, 1.165) is 72.7 Å². The summed E-state index contributed by atoms with van der Waals surface area (Å²) in [7, 11) is 0. The Balaban J connectivity index is 1.03. The van der Waals surface area contributed by atoms with E-state index in [1.54, 1.807) is 24.7 Å². The fourth-order valence-electron chi connectivity index (χ4n) is 8.90. The predicted molar refractivity (Wildman–Crippen MR) is 197 cm³/mol. The Morgan fingerprint density at radius 1 is 0.709 bits per heavy atom. The van der Waals surface area contributed by atoms with Gasteiger partial charge in [-0.15, -0.1) is 20.4 Å². The minimum absolute atomic E-state index is 0.00478. The third-order valence-corrected chi connectivity index (χ3v) is 11.8. The summed E-state index contributed by atoms with van der Waals surface area (Å²) in [5, 5.41) is 18.7. The number of aryl methyl sites for hydroxylation is 1. The van der Waals surface area contributed by atoms with Gasteiger partial charge in [0.15, 0.2) is 34.9 Å². The number of halogens is 3. The van der Waals surface area contributed by atoms with Crippen molar-refractivity contribution in [2.75, 3.05) is 9.80 Å². The molecule has 0 bridgehead atoms. The van der Waals surface area contributed by atoms with Gasteiger partial charge in [-0.2, -0.15) is 13.2 Å². The molecule has 13 nitrogen and oxygen atoms in total. The standard InChI is InChI=1S/C39H38F3N13/c1-4-28-37-50-48-21(3)52(37)30-19-45-33(26-11-6-7-12-27(26)39(40,41)42)47-35(30)54(28)25-17-23(18-25)34-49-51-38-29(5-2)53(24-9-8-10-24)36-31(55(34)38)20-44-32(46-36)22-13-15-43-16-14-22/h6-7,11-16,19-20,23-25,28-29H,4-5,8-10,17-18H2,1-3H3. The number of hydrogen-bond acceptors (Lipinski definition) is 11. The fraction of sp³-hybridized carbons (Fsp3) is 0.410. The SMILES string of the molecule is CCC1c2nnc(C)n2-c2cnc(-c3ccccc3C(F)(F)F)nc2N1C1CC(c2nnc3n2-c2cnc(-c4ccncc4)nc2N(C2CCC2)C3CC)C1. The Kier molecular flexibility index (Phi) is 7.75. The van der Waals surface area contributed by atoms with Crippen LogP contribution >= 0.6 is 0 Å². The third-order valence-electron chi connectivity index (χ3n) is 11.8. The van der Waals surface area contributed by atoms with Crippen molar-refractivity contribution >= 4 is 11.6 Å². The molecule has 280 valence electrons. The molecule has 0 saturated heterocycles. The van der Waals surface area contributed by atoms with Gasteiger partial charge >= 0.3 is 6.18 Å². The molecule has 5 aromatic heterocycles. The summed E-state index contributed by atoms with van der Waals surface area (Å²) >= 11 is 0. The molecule has 2 aliphatic heterocycles. The lowest BCUT2D eigenvalue weighted by Gasteiger charge is -2.49. The number of anilines is 2. The molecule has 16 heteroatoms. The number of alkyl halides is 3. The van der Waals surface area contributed by atoms with Crippen LogP contribution in [0.1, 0.15) is 106 Å². The summed E-state index contributed by atoms with van der Waals surface area (Å²) in [6.07, 6.45) is 8.84. The first-order valence-corrected chi connectivity index (χ1v) is 19.0. The Labute approximate surface area is 314 Å². The summed E-state index contributed by atoms with van der Waals surface area (Å²) in [6.45, 7) is 6.13. The minimum Gasteiger partial charge on any atom is -0.342 e.